The number of aliphatic hydroxyl groups excluding tert-OH is 1. The minimum atomic E-state index is -2.21. The summed E-state index contributed by atoms with van der Waals surface area (Å²) in [6, 6.07) is 0. The molecule has 0 aromatic carbocycles. The van der Waals surface area contributed by atoms with E-state index < -0.39 is 29.8 Å². The first-order valence-electron chi connectivity index (χ1n) is 15.8. The number of rotatable bonds is 28. The third-order valence-corrected chi connectivity index (χ3v) is 8.45. The predicted molar refractivity (Wildman–Crippen MR) is 161 cm³/mol. The lowest BCUT2D eigenvalue weighted by atomic mass is 9.90. The van der Waals surface area contributed by atoms with E-state index in [9.17, 15) is 24.6 Å². The zero-order chi connectivity index (χ0) is 28.5. The first kappa shape index (κ1) is 37.0. The van der Waals surface area contributed by atoms with Crippen LogP contribution in [0.5, 0.6) is 0 Å². The van der Waals surface area contributed by atoms with Gasteiger partial charge in [0.15, 0.2) is 5.78 Å². The molecule has 6 nitrogen and oxygen atoms in total. The molecule has 0 aromatic heterocycles. The molecule has 0 spiro atoms. The summed E-state index contributed by atoms with van der Waals surface area (Å²) in [5, 5.41) is 19.8. The summed E-state index contributed by atoms with van der Waals surface area (Å²) in [5.74, 6) is -2.48. The van der Waals surface area contributed by atoms with Gasteiger partial charge in [0.25, 0.3) is 0 Å². The average Bonchev–Trinajstić information content (AvgIpc) is 2.90. The fourth-order valence-corrected chi connectivity index (χ4v) is 5.48. The lowest BCUT2D eigenvalue weighted by Crippen LogP contribution is -2.60. The number of carbonyl (C=O) groups is 3. The summed E-state index contributed by atoms with van der Waals surface area (Å²) >= 11 is 0. The molecule has 0 aliphatic rings. The monoisotopic (exact) mass is 557 g/mol. The fourth-order valence-electron chi connectivity index (χ4n) is 5.02. The van der Waals surface area contributed by atoms with Crippen molar-refractivity contribution in [2.75, 3.05) is 6.61 Å². The number of aliphatic hydroxyl groups is 1. The number of carboxylic acids is 1. The molecule has 0 bridgehead atoms. The highest BCUT2D eigenvalue weighted by Gasteiger charge is 2.50. The van der Waals surface area contributed by atoms with E-state index in [1.165, 1.54) is 89.9 Å². The number of ketones is 1. The van der Waals surface area contributed by atoms with Gasteiger partial charge in [-0.25, -0.2) is 4.79 Å². The van der Waals surface area contributed by atoms with Gasteiger partial charge >= 0.3 is 5.97 Å². The molecule has 0 rings (SSSR count). The Kier molecular flexibility index (Phi) is 24.3. The van der Waals surface area contributed by atoms with Crippen molar-refractivity contribution in [2.45, 2.75) is 173 Å². The minimum absolute atomic E-state index is 0.0561. The summed E-state index contributed by atoms with van der Waals surface area (Å²) in [7, 11) is 2.11. The molecular formula is C31H60NO5P. The van der Waals surface area contributed by atoms with Gasteiger partial charge in [-0.1, -0.05) is 142 Å². The number of carboxylic acid groups (broad SMARTS) is 1. The van der Waals surface area contributed by atoms with E-state index >= 15 is 0 Å². The van der Waals surface area contributed by atoms with Crippen molar-refractivity contribution in [2.24, 2.45) is 0 Å². The lowest BCUT2D eigenvalue weighted by molar-refractivity contribution is -0.161. The quantitative estimate of drug-likeness (QED) is 0.0572. The standard InChI is InChI=1S/C31H60NO5P/c1-3-5-7-9-11-13-15-17-19-21-23-25-28(34)31(27-33,30(36)37)32(38)29(35)26-24-22-20-18-16-14-12-10-8-6-4-2/h33H,3-27,38H2,1-2H3,(H,36,37)/t31-/m0/s1. The number of Topliss-reactive ketones (excluding diaryl/α,β-unsaturated/α-hetero) is 1. The highest BCUT2D eigenvalue weighted by molar-refractivity contribution is 7.15. The third-order valence-electron chi connectivity index (χ3n) is 7.73. The molecule has 2 atom stereocenters. The van der Waals surface area contributed by atoms with Crippen LogP contribution in [0.25, 0.3) is 0 Å². The van der Waals surface area contributed by atoms with Gasteiger partial charge in [-0.15, -0.1) is 0 Å². The topological polar surface area (TPSA) is 94.9 Å². The molecule has 0 saturated carbocycles. The number of aliphatic carboxylic acids is 1. The maximum Gasteiger partial charge on any atom is 0.340 e. The van der Waals surface area contributed by atoms with E-state index in [-0.39, 0.29) is 12.8 Å². The third kappa shape index (κ3) is 16.2. The van der Waals surface area contributed by atoms with Crippen LogP contribution in [-0.2, 0) is 14.4 Å². The van der Waals surface area contributed by atoms with Crippen molar-refractivity contribution < 1.29 is 24.6 Å². The molecule has 1 amide bonds. The molecule has 2 N–H and O–H groups in total. The van der Waals surface area contributed by atoms with Crippen molar-refractivity contribution in [3.63, 3.8) is 0 Å². The van der Waals surface area contributed by atoms with Crippen molar-refractivity contribution in [3.8, 4) is 0 Å². The number of nitrogens with zero attached hydrogens (tertiary/aromatic N) is 1. The van der Waals surface area contributed by atoms with Crippen LogP contribution in [0.15, 0.2) is 0 Å². The normalized spacial score (nSPS) is 12.8. The molecule has 0 aliphatic heterocycles. The zero-order valence-corrected chi connectivity index (χ0v) is 26.0. The zero-order valence-electron chi connectivity index (χ0n) is 24.8. The number of hydrogen-bond donors (Lipinski definition) is 2. The summed E-state index contributed by atoms with van der Waals surface area (Å²) in [6.07, 6.45) is 25.6. The van der Waals surface area contributed by atoms with Crippen LogP contribution in [0.2, 0.25) is 0 Å². The van der Waals surface area contributed by atoms with E-state index in [1.54, 1.807) is 0 Å². The fraction of sp³-hybridized carbons (Fsp3) is 0.903. The molecular weight excluding hydrogens is 497 g/mol. The number of unbranched alkanes of at least 4 members (excludes halogenated alkanes) is 20. The molecule has 0 saturated heterocycles. The van der Waals surface area contributed by atoms with Crippen molar-refractivity contribution >= 4 is 27.1 Å². The van der Waals surface area contributed by atoms with E-state index in [0.717, 1.165) is 43.2 Å². The maximum absolute atomic E-state index is 13.0. The van der Waals surface area contributed by atoms with Gasteiger partial charge in [0.2, 0.25) is 11.4 Å². The minimum Gasteiger partial charge on any atom is -0.479 e. The summed E-state index contributed by atoms with van der Waals surface area (Å²) in [4.78, 5) is 37.8. The Morgan fingerprint density at radius 3 is 1.21 bits per heavy atom. The molecule has 38 heavy (non-hydrogen) atoms. The highest BCUT2D eigenvalue weighted by Crippen LogP contribution is 2.26. The second-order valence-electron chi connectivity index (χ2n) is 11.1. The number of carbonyl (C=O) groups excluding carboxylic acids is 2. The first-order valence-corrected chi connectivity index (χ1v) is 16.3. The van der Waals surface area contributed by atoms with E-state index in [4.69, 9.17) is 0 Å². The molecule has 0 aromatic rings. The molecule has 7 heteroatoms. The molecule has 0 fully saturated rings. The van der Waals surface area contributed by atoms with Crippen molar-refractivity contribution in [1.82, 2.24) is 4.67 Å². The summed E-state index contributed by atoms with van der Waals surface area (Å²) in [5.41, 5.74) is -2.21. The summed E-state index contributed by atoms with van der Waals surface area (Å²) in [6.45, 7) is 3.54. The first-order chi connectivity index (χ1) is 18.4. The summed E-state index contributed by atoms with van der Waals surface area (Å²) < 4.78 is 0.909. The molecule has 0 aliphatic carbocycles. The smallest absolute Gasteiger partial charge is 0.340 e. The van der Waals surface area contributed by atoms with Crippen LogP contribution in [-0.4, -0.2) is 44.7 Å². The van der Waals surface area contributed by atoms with Crippen LogP contribution in [0.1, 0.15) is 168 Å². The van der Waals surface area contributed by atoms with Crippen LogP contribution in [0.3, 0.4) is 0 Å². The maximum atomic E-state index is 13.0. The van der Waals surface area contributed by atoms with Gasteiger partial charge in [0, 0.05) is 12.8 Å². The van der Waals surface area contributed by atoms with E-state index in [1.807, 2.05) is 0 Å². The highest BCUT2D eigenvalue weighted by atomic mass is 31.0. The van der Waals surface area contributed by atoms with Crippen molar-refractivity contribution in [3.05, 3.63) is 0 Å². The molecule has 224 valence electrons. The van der Waals surface area contributed by atoms with E-state index in [0.29, 0.717) is 12.8 Å². The Morgan fingerprint density at radius 2 is 0.895 bits per heavy atom. The van der Waals surface area contributed by atoms with E-state index in [2.05, 4.69) is 23.2 Å². The van der Waals surface area contributed by atoms with Gasteiger partial charge < -0.3 is 14.9 Å². The van der Waals surface area contributed by atoms with Gasteiger partial charge in [-0.2, -0.15) is 0 Å². The Hall–Kier alpha value is -1.00. The second kappa shape index (κ2) is 25.0. The SMILES string of the molecule is CCCCCCCCCCCCCC(=O)N(P)[C@](CO)(C(=O)O)C(=O)CCCCCCCCCCCCC. The average molecular weight is 558 g/mol. The lowest BCUT2D eigenvalue weighted by Gasteiger charge is -2.35. The number of hydrogen-bond acceptors (Lipinski definition) is 4. The second-order valence-corrected chi connectivity index (χ2v) is 11.6. The molecule has 1 unspecified atom stereocenters. The van der Waals surface area contributed by atoms with Gasteiger partial charge in [-0.05, 0) is 22.2 Å². The largest absolute Gasteiger partial charge is 0.479 e. The Balaban J connectivity index is 4.27. The molecule has 0 heterocycles. The van der Waals surface area contributed by atoms with Crippen molar-refractivity contribution in [1.29, 1.82) is 0 Å². The van der Waals surface area contributed by atoms with Gasteiger partial charge in [0.1, 0.15) is 0 Å². The Morgan fingerprint density at radius 1 is 0.579 bits per heavy atom. The number of amides is 1. The van der Waals surface area contributed by atoms with Crippen LogP contribution < -0.4 is 0 Å². The van der Waals surface area contributed by atoms with Crippen LogP contribution >= 0.6 is 9.39 Å². The van der Waals surface area contributed by atoms with Gasteiger partial charge in [-0.3, -0.25) is 9.59 Å². The Labute approximate surface area is 236 Å². The Bertz CT molecular complexity index is 615. The van der Waals surface area contributed by atoms with Crippen LogP contribution in [0, 0.1) is 0 Å². The molecule has 0 radical (unpaired) electrons. The van der Waals surface area contributed by atoms with Crippen LogP contribution in [0.4, 0.5) is 0 Å². The predicted octanol–water partition coefficient (Wildman–Crippen LogP) is 8.39. The van der Waals surface area contributed by atoms with Gasteiger partial charge in [0.05, 0.1) is 6.61 Å².